The zero-order chi connectivity index (χ0) is 17.1. The SMILES string of the molecule is CCCc1ccc(CCc2ccc3c(c2F)OC(=O)C(C)C3)cc1. The lowest BCUT2D eigenvalue weighted by atomic mass is 9.94. The second-order valence-corrected chi connectivity index (χ2v) is 6.62. The number of rotatable bonds is 5. The summed E-state index contributed by atoms with van der Waals surface area (Å²) in [5, 5.41) is 0. The van der Waals surface area contributed by atoms with E-state index in [2.05, 4.69) is 31.2 Å². The molecule has 0 aliphatic carbocycles. The van der Waals surface area contributed by atoms with Crippen LogP contribution in [0.4, 0.5) is 4.39 Å². The minimum absolute atomic E-state index is 0.133. The van der Waals surface area contributed by atoms with Crippen molar-refractivity contribution in [2.45, 2.75) is 46.0 Å². The van der Waals surface area contributed by atoms with Crippen molar-refractivity contribution in [3.8, 4) is 5.75 Å². The van der Waals surface area contributed by atoms with E-state index < -0.39 is 0 Å². The first kappa shape index (κ1) is 16.7. The van der Waals surface area contributed by atoms with E-state index >= 15 is 0 Å². The van der Waals surface area contributed by atoms with Crippen LogP contribution in [0.5, 0.6) is 5.75 Å². The van der Waals surface area contributed by atoms with Gasteiger partial charge in [-0.3, -0.25) is 4.79 Å². The molecular formula is C21H23FO2. The zero-order valence-electron chi connectivity index (χ0n) is 14.3. The maximum absolute atomic E-state index is 14.6. The molecule has 0 amide bonds. The molecule has 2 aromatic carbocycles. The van der Waals surface area contributed by atoms with E-state index in [9.17, 15) is 9.18 Å². The minimum atomic E-state index is -0.379. The third-order valence-electron chi connectivity index (χ3n) is 4.63. The smallest absolute Gasteiger partial charge is 0.314 e. The fourth-order valence-corrected chi connectivity index (χ4v) is 3.16. The Morgan fingerprint density at radius 1 is 1.04 bits per heavy atom. The molecule has 2 nitrogen and oxygen atoms in total. The molecule has 126 valence electrons. The summed E-state index contributed by atoms with van der Waals surface area (Å²) < 4.78 is 19.8. The van der Waals surface area contributed by atoms with Crippen LogP contribution in [-0.4, -0.2) is 5.97 Å². The van der Waals surface area contributed by atoms with Gasteiger partial charge in [-0.05, 0) is 47.9 Å². The second kappa shape index (κ2) is 7.16. The van der Waals surface area contributed by atoms with Gasteiger partial charge in [0.2, 0.25) is 0 Å². The highest BCUT2D eigenvalue weighted by Crippen LogP contribution is 2.33. The van der Waals surface area contributed by atoms with Crippen molar-refractivity contribution >= 4 is 5.97 Å². The Morgan fingerprint density at radius 2 is 1.71 bits per heavy atom. The number of carbonyl (C=O) groups excluding carboxylic acids is 1. The first-order valence-corrected chi connectivity index (χ1v) is 8.68. The Balaban J connectivity index is 1.72. The molecule has 0 saturated carbocycles. The standard InChI is InChI=1S/C21H23FO2/c1-3-4-15-5-7-16(8-6-15)9-10-17-11-12-18-13-14(2)21(23)24-20(18)19(17)22/h5-8,11-12,14H,3-4,9-10,13H2,1-2H3. The maximum atomic E-state index is 14.6. The lowest BCUT2D eigenvalue weighted by Gasteiger charge is -2.22. The van der Waals surface area contributed by atoms with Gasteiger partial charge in [-0.15, -0.1) is 0 Å². The molecule has 1 atom stereocenters. The molecule has 0 fully saturated rings. The number of esters is 1. The summed E-state index contributed by atoms with van der Waals surface area (Å²) in [5.41, 5.74) is 3.92. The van der Waals surface area contributed by atoms with Crippen molar-refractivity contribution in [1.29, 1.82) is 0 Å². The summed E-state index contributed by atoms with van der Waals surface area (Å²) in [7, 11) is 0. The predicted octanol–water partition coefficient (Wildman–Crippen LogP) is 4.66. The van der Waals surface area contributed by atoms with Crippen LogP contribution in [0, 0.1) is 11.7 Å². The monoisotopic (exact) mass is 326 g/mol. The van der Waals surface area contributed by atoms with Crippen LogP contribution >= 0.6 is 0 Å². The molecule has 0 bridgehead atoms. The molecule has 1 aliphatic heterocycles. The summed E-state index contributed by atoms with van der Waals surface area (Å²) >= 11 is 0. The molecule has 1 aliphatic rings. The summed E-state index contributed by atoms with van der Waals surface area (Å²) in [6.07, 6.45) is 4.14. The van der Waals surface area contributed by atoms with E-state index in [-0.39, 0.29) is 23.5 Å². The van der Waals surface area contributed by atoms with E-state index in [0.29, 0.717) is 18.4 Å². The molecule has 3 rings (SSSR count). The van der Waals surface area contributed by atoms with Crippen LogP contribution in [-0.2, 0) is 30.5 Å². The van der Waals surface area contributed by atoms with Crippen LogP contribution in [0.25, 0.3) is 0 Å². The van der Waals surface area contributed by atoms with Crippen molar-refractivity contribution in [3.05, 3.63) is 64.5 Å². The number of hydrogen-bond donors (Lipinski definition) is 0. The molecule has 0 aromatic heterocycles. The van der Waals surface area contributed by atoms with Crippen molar-refractivity contribution in [1.82, 2.24) is 0 Å². The summed E-state index contributed by atoms with van der Waals surface area (Å²) in [6, 6.07) is 12.2. The highest BCUT2D eigenvalue weighted by atomic mass is 19.1. The van der Waals surface area contributed by atoms with E-state index in [1.165, 1.54) is 11.1 Å². The van der Waals surface area contributed by atoms with Crippen molar-refractivity contribution in [2.24, 2.45) is 5.92 Å². The third-order valence-corrected chi connectivity index (χ3v) is 4.63. The number of hydrogen-bond acceptors (Lipinski definition) is 2. The summed E-state index contributed by atoms with van der Waals surface area (Å²) in [4.78, 5) is 11.7. The van der Waals surface area contributed by atoms with Gasteiger partial charge in [0.15, 0.2) is 11.6 Å². The van der Waals surface area contributed by atoms with Gasteiger partial charge in [0.1, 0.15) is 0 Å². The predicted molar refractivity (Wildman–Crippen MR) is 92.7 cm³/mol. The molecule has 0 radical (unpaired) electrons. The second-order valence-electron chi connectivity index (χ2n) is 6.62. The van der Waals surface area contributed by atoms with Crippen LogP contribution in [0.15, 0.2) is 36.4 Å². The normalized spacial score (nSPS) is 16.6. The highest BCUT2D eigenvalue weighted by Gasteiger charge is 2.28. The van der Waals surface area contributed by atoms with E-state index in [1.807, 2.05) is 12.1 Å². The van der Waals surface area contributed by atoms with Crippen LogP contribution in [0.3, 0.4) is 0 Å². The first-order chi connectivity index (χ1) is 11.6. The number of aryl methyl sites for hydroxylation is 3. The first-order valence-electron chi connectivity index (χ1n) is 8.68. The molecular weight excluding hydrogens is 303 g/mol. The molecule has 1 heterocycles. The van der Waals surface area contributed by atoms with E-state index in [0.717, 1.165) is 24.8 Å². The largest absolute Gasteiger partial charge is 0.423 e. The van der Waals surface area contributed by atoms with E-state index in [4.69, 9.17) is 4.74 Å². The Morgan fingerprint density at radius 3 is 2.38 bits per heavy atom. The van der Waals surface area contributed by atoms with Gasteiger partial charge in [-0.2, -0.15) is 0 Å². The Hall–Kier alpha value is -2.16. The van der Waals surface area contributed by atoms with Gasteiger partial charge in [-0.25, -0.2) is 4.39 Å². The Labute approximate surface area is 142 Å². The minimum Gasteiger partial charge on any atom is -0.423 e. The number of ether oxygens (including phenoxy) is 1. The average molecular weight is 326 g/mol. The van der Waals surface area contributed by atoms with Gasteiger partial charge in [0.25, 0.3) is 0 Å². The van der Waals surface area contributed by atoms with Gasteiger partial charge in [0, 0.05) is 0 Å². The van der Waals surface area contributed by atoms with Crippen LogP contribution in [0.2, 0.25) is 0 Å². The Kier molecular flexibility index (Phi) is 4.98. The van der Waals surface area contributed by atoms with Crippen molar-refractivity contribution in [2.75, 3.05) is 0 Å². The van der Waals surface area contributed by atoms with Gasteiger partial charge < -0.3 is 4.74 Å². The quantitative estimate of drug-likeness (QED) is 0.590. The topological polar surface area (TPSA) is 26.3 Å². The molecule has 0 spiro atoms. The lowest BCUT2D eigenvalue weighted by molar-refractivity contribution is -0.139. The highest BCUT2D eigenvalue weighted by molar-refractivity contribution is 5.77. The average Bonchev–Trinajstić information content (AvgIpc) is 2.58. The van der Waals surface area contributed by atoms with Crippen LogP contribution in [0.1, 0.15) is 42.5 Å². The molecule has 0 N–H and O–H groups in total. The number of fused-ring (bicyclic) bond motifs is 1. The molecule has 2 aromatic rings. The van der Waals surface area contributed by atoms with Gasteiger partial charge in [0.05, 0.1) is 5.92 Å². The van der Waals surface area contributed by atoms with Crippen LogP contribution < -0.4 is 4.74 Å². The fourth-order valence-electron chi connectivity index (χ4n) is 3.16. The number of halogens is 1. The number of benzene rings is 2. The maximum Gasteiger partial charge on any atom is 0.314 e. The molecule has 0 saturated heterocycles. The summed E-state index contributed by atoms with van der Waals surface area (Å²) in [5.74, 6) is -0.793. The zero-order valence-corrected chi connectivity index (χ0v) is 14.3. The number of carbonyl (C=O) groups is 1. The fraction of sp³-hybridized carbons (Fsp3) is 0.381. The molecule has 3 heteroatoms. The van der Waals surface area contributed by atoms with Gasteiger partial charge in [-0.1, -0.05) is 56.7 Å². The third kappa shape index (κ3) is 3.50. The van der Waals surface area contributed by atoms with Crippen molar-refractivity contribution in [3.63, 3.8) is 0 Å². The lowest BCUT2D eigenvalue weighted by Crippen LogP contribution is -2.26. The van der Waals surface area contributed by atoms with Gasteiger partial charge >= 0.3 is 5.97 Å². The summed E-state index contributed by atoms with van der Waals surface area (Å²) in [6.45, 7) is 3.97. The molecule has 1 unspecified atom stereocenters. The van der Waals surface area contributed by atoms with E-state index in [1.54, 1.807) is 6.92 Å². The Bertz CT molecular complexity index is 734. The molecule has 24 heavy (non-hydrogen) atoms. The van der Waals surface area contributed by atoms with Crippen molar-refractivity contribution < 1.29 is 13.9 Å².